The summed E-state index contributed by atoms with van der Waals surface area (Å²) < 4.78 is 0. The molecule has 0 saturated heterocycles. The van der Waals surface area contributed by atoms with Gasteiger partial charge in [0.05, 0.1) is 0 Å². The van der Waals surface area contributed by atoms with Gasteiger partial charge in [-0.25, -0.2) is 4.79 Å². The number of rotatable bonds is 8. The van der Waals surface area contributed by atoms with Gasteiger partial charge >= 0.3 is 6.09 Å². The number of unbranched alkanes of at least 4 members (excludes halogenated alkanes) is 3. The number of allylic oxidation sites excluding steroid dienone is 2. The molecule has 0 heterocycles. The van der Waals surface area contributed by atoms with E-state index < -0.39 is 6.09 Å². The number of hydrogen-bond donors (Lipinski definition) is 1. The van der Waals surface area contributed by atoms with Crippen molar-refractivity contribution in [1.82, 2.24) is 4.90 Å². The van der Waals surface area contributed by atoms with Crippen molar-refractivity contribution < 1.29 is 9.90 Å². The SMILES string of the molecule is CC=CCCCCCC(C)N(CC)C(=O)O. The first kappa shape index (κ1) is 15.0. The highest BCUT2D eigenvalue weighted by molar-refractivity contribution is 5.65. The molecule has 0 rings (SSSR count). The third-order valence-electron chi connectivity index (χ3n) is 2.85. The average molecular weight is 227 g/mol. The van der Waals surface area contributed by atoms with Gasteiger partial charge in [-0.2, -0.15) is 0 Å². The van der Waals surface area contributed by atoms with E-state index in [4.69, 9.17) is 5.11 Å². The molecule has 1 amide bonds. The number of carbonyl (C=O) groups is 1. The van der Waals surface area contributed by atoms with E-state index in [2.05, 4.69) is 12.2 Å². The van der Waals surface area contributed by atoms with Crippen molar-refractivity contribution in [2.45, 2.75) is 58.9 Å². The second-order valence-corrected chi connectivity index (χ2v) is 4.12. The summed E-state index contributed by atoms with van der Waals surface area (Å²) in [6.45, 7) is 6.49. The van der Waals surface area contributed by atoms with E-state index >= 15 is 0 Å². The smallest absolute Gasteiger partial charge is 0.407 e. The van der Waals surface area contributed by atoms with Crippen LogP contribution in [0.5, 0.6) is 0 Å². The molecule has 0 aliphatic heterocycles. The Morgan fingerprint density at radius 2 is 2.06 bits per heavy atom. The molecule has 0 saturated carbocycles. The van der Waals surface area contributed by atoms with E-state index in [1.165, 1.54) is 17.7 Å². The molecule has 0 spiro atoms. The quantitative estimate of drug-likeness (QED) is 0.504. The molecule has 16 heavy (non-hydrogen) atoms. The Morgan fingerprint density at radius 1 is 1.38 bits per heavy atom. The molecule has 0 radical (unpaired) electrons. The second-order valence-electron chi connectivity index (χ2n) is 4.12. The molecule has 94 valence electrons. The van der Waals surface area contributed by atoms with Crippen LogP contribution in [0.15, 0.2) is 12.2 Å². The zero-order chi connectivity index (χ0) is 12.4. The van der Waals surface area contributed by atoms with Crippen molar-refractivity contribution in [3.63, 3.8) is 0 Å². The highest BCUT2D eigenvalue weighted by Crippen LogP contribution is 2.11. The van der Waals surface area contributed by atoms with Crippen LogP contribution in [0.2, 0.25) is 0 Å². The Morgan fingerprint density at radius 3 is 2.56 bits per heavy atom. The summed E-state index contributed by atoms with van der Waals surface area (Å²) in [5.41, 5.74) is 0. The van der Waals surface area contributed by atoms with E-state index in [0.29, 0.717) is 6.54 Å². The molecule has 1 N–H and O–H groups in total. The molecule has 1 atom stereocenters. The third kappa shape index (κ3) is 6.49. The Hall–Kier alpha value is -0.990. The molecule has 0 aliphatic rings. The minimum Gasteiger partial charge on any atom is -0.465 e. The topological polar surface area (TPSA) is 40.5 Å². The predicted molar refractivity (Wildman–Crippen MR) is 67.8 cm³/mol. The molecule has 0 fully saturated rings. The van der Waals surface area contributed by atoms with Crippen LogP contribution < -0.4 is 0 Å². The van der Waals surface area contributed by atoms with Gasteiger partial charge in [-0.1, -0.05) is 25.0 Å². The summed E-state index contributed by atoms with van der Waals surface area (Å²) in [6, 6.07) is 0.143. The molecule has 1 unspecified atom stereocenters. The third-order valence-corrected chi connectivity index (χ3v) is 2.85. The molecule has 0 aromatic rings. The molecular weight excluding hydrogens is 202 g/mol. The number of nitrogens with zero attached hydrogens (tertiary/aromatic N) is 1. The molecule has 3 heteroatoms. The van der Waals surface area contributed by atoms with Gasteiger partial charge in [0.1, 0.15) is 0 Å². The van der Waals surface area contributed by atoms with E-state index in [0.717, 1.165) is 19.3 Å². The van der Waals surface area contributed by atoms with E-state index in [-0.39, 0.29) is 6.04 Å². The average Bonchev–Trinajstić information content (AvgIpc) is 2.23. The first-order valence-electron chi connectivity index (χ1n) is 6.24. The highest BCUT2D eigenvalue weighted by atomic mass is 16.4. The molecule has 0 bridgehead atoms. The number of carboxylic acid groups (broad SMARTS) is 1. The maximum Gasteiger partial charge on any atom is 0.407 e. The van der Waals surface area contributed by atoms with Gasteiger partial charge < -0.3 is 10.0 Å². The largest absolute Gasteiger partial charge is 0.465 e. The lowest BCUT2D eigenvalue weighted by Crippen LogP contribution is -2.37. The minimum absolute atomic E-state index is 0.143. The molecule has 3 nitrogen and oxygen atoms in total. The van der Waals surface area contributed by atoms with Crippen LogP contribution in [0, 0.1) is 0 Å². The maximum atomic E-state index is 10.9. The summed E-state index contributed by atoms with van der Waals surface area (Å²) in [6.07, 6.45) is 9.07. The minimum atomic E-state index is -0.802. The van der Waals surface area contributed by atoms with Crippen LogP contribution in [0.25, 0.3) is 0 Å². The van der Waals surface area contributed by atoms with Crippen LogP contribution in [0.3, 0.4) is 0 Å². The van der Waals surface area contributed by atoms with Crippen LogP contribution in [0.1, 0.15) is 52.9 Å². The fraction of sp³-hybridized carbons (Fsp3) is 0.769. The Labute approximate surface area is 99.1 Å². The summed E-state index contributed by atoms with van der Waals surface area (Å²) in [5, 5.41) is 8.93. The van der Waals surface area contributed by atoms with Crippen LogP contribution in [-0.2, 0) is 0 Å². The maximum absolute atomic E-state index is 10.9. The summed E-state index contributed by atoms with van der Waals surface area (Å²) in [5.74, 6) is 0. The molecule has 0 aromatic heterocycles. The van der Waals surface area contributed by atoms with E-state index in [1.54, 1.807) is 0 Å². The van der Waals surface area contributed by atoms with Crippen molar-refractivity contribution in [2.24, 2.45) is 0 Å². The van der Waals surface area contributed by atoms with Gasteiger partial charge in [0.2, 0.25) is 0 Å². The second kappa shape index (κ2) is 9.25. The summed E-state index contributed by atoms with van der Waals surface area (Å²) in [4.78, 5) is 12.4. The zero-order valence-corrected chi connectivity index (χ0v) is 10.8. The Bertz CT molecular complexity index is 214. The molecule has 0 aromatic carbocycles. The molecular formula is C13H25NO2. The lowest BCUT2D eigenvalue weighted by atomic mass is 10.1. The lowest BCUT2D eigenvalue weighted by Gasteiger charge is -2.24. The van der Waals surface area contributed by atoms with Gasteiger partial charge in [0.25, 0.3) is 0 Å². The lowest BCUT2D eigenvalue weighted by molar-refractivity contribution is 0.128. The van der Waals surface area contributed by atoms with Gasteiger partial charge in [0, 0.05) is 12.6 Å². The van der Waals surface area contributed by atoms with E-state index in [1.807, 2.05) is 20.8 Å². The van der Waals surface area contributed by atoms with Crippen LogP contribution >= 0.6 is 0 Å². The monoisotopic (exact) mass is 227 g/mol. The summed E-state index contributed by atoms with van der Waals surface area (Å²) >= 11 is 0. The standard InChI is InChI=1S/C13H25NO2/c1-4-6-7-8-9-10-11-12(3)14(5-2)13(15)16/h4,6,12H,5,7-11H2,1-3H3,(H,15,16). The van der Waals surface area contributed by atoms with Crippen molar-refractivity contribution >= 4 is 6.09 Å². The molecule has 0 aliphatic carbocycles. The van der Waals surface area contributed by atoms with Gasteiger partial charge in [-0.05, 0) is 40.0 Å². The fourth-order valence-electron chi connectivity index (χ4n) is 1.84. The first-order chi connectivity index (χ1) is 7.63. The van der Waals surface area contributed by atoms with Crippen molar-refractivity contribution in [3.8, 4) is 0 Å². The van der Waals surface area contributed by atoms with Crippen molar-refractivity contribution in [2.75, 3.05) is 6.54 Å². The number of amides is 1. The first-order valence-corrected chi connectivity index (χ1v) is 6.24. The van der Waals surface area contributed by atoms with Gasteiger partial charge in [0.15, 0.2) is 0 Å². The van der Waals surface area contributed by atoms with Gasteiger partial charge in [-0.15, -0.1) is 0 Å². The van der Waals surface area contributed by atoms with Crippen LogP contribution in [0.4, 0.5) is 4.79 Å². The van der Waals surface area contributed by atoms with E-state index in [9.17, 15) is 4.79 Å². The Kier molecular flexibility index (Phi) is 8.68. The normalized spacial score (nSPS) is 12.9. The zero-order valence-electron chi connectivity index (χ0n) is 10.8. The summed E-state index contributed by atoms with van der Waals surface area (Å²) in [7, 11) is 0. The van der Waals surface area contributed by atoms with Crippen molar-refractivity contribution in [3.05, 3.63) is 12.2 Å². The predicted octanol–water partition coefficient (Wildman–Crippen LogP) is 3.90. The van der Waals surface area contributed by atoms with Crippen molar-refractivity contribution in [1.29, 1.82) is 0 Å². The van der Waals surface area contributed by atoms with Crippen LogP contribution in [-0.4, -0.2) is 28.7 Å². The Balaban J connectivity index is 3.63. The fourth-order valence-corrected chi connectivity index (χ4v) is 1.84. The number of hydrogen-bond acceptors (Lipinski definition) is 1. The highest BCUT2D eigenvalue weighted by Gasteiger charge is 2.16. The van der Waals surface area contributed by atoms with Gasteiger partial charge in [-0.3, -0.25) is 0 Å².